The summed E-state index contributed by atoms with van der Waals surface area (Å²) >= 11 is 0. The molecule has 0 saturated carbocycles. The summed E-state index contributed by atoms with van der Waals surface area (Å²) in [5.74, 6) is 0.216. The van der Waals surface area contributed by atoms with E-state index in [9.17, 15) is 13.2 Å². The van der Waals surface area contributed by atoms with E-state index in [1.165, 1.54) is 10.4 Å². The number of sulfonamides is 1. The maximum Gasteiger partial charge on any atom is 0.266 e. The molecule has 0 aromatic heterocycles. The van der Waals surface area contributed by atoms with Gasteiger partial charge in [-0.05, 0) is 56.2 Å². The second kappa shape index (κ2) is 9.66. The van der Waals surface area contributed by atoms with Crippen LogP contribution in [0.1, 0.15) is 18.1 Å². The largest absolute Gasteiger partial charge is 0.483 e. The van der Waals surface area contributed by atoms with Crippen molar-refractivity contribution in [1.29, 1.82) is 0 Å². The number of para-hydroxylation sites is 3. The molecule has 0 unspecified atom stereocenters. The van der Waals surface area contributed by atoms with Crippen LogP contribution in [0.5, 0.6) is 5.75 Å². The van der Waals surface area contributed by atoms with Gasteiger partial charge in [-0.25, -0.2) is 8.42 Å². The molecule has 31 heavy (non-hydrogen) atoms. The molecule has 1 amide bonds. The Bertz CT molecular complexity index is 1140. The van der Waals surface area contributed by atoms with Gasteiger partial charge in [0.15, 0.2) is 6.61 Å². The Morgan fingerprint density at radius 2 is 1.52 bits per heavy atom. The summed E-state index contributed by atoms with van der Waals surface area (Å²) < 4.78 is 33.8. The lowest BCUT2D eigenvalue weighted by Gasteiger charge is -2.24. The van der Waals surface area contributed by atoms with Crippen LogP contribution in [0.2, 0.25) is 0 Å². The highest BCUT2D eigenvalue weighted by Gasteiger charge is 2.26. The predicted molar refractivity (Wildman–Crippen MR) is 123 cm³/mol. The van der Waals surface area contributed by atoms with Crippen LogP contribution in [0.3, 0.4) is 0 Å². The molecule has 0 aliphatic carbocycles. The number of carbonyl (C=O) groups is 1. The van der Waals surface area contributed by atoms with Gasteiger partial charge in [0.2, 0.25) is 0 Å². The molecule has 0 heterocycles. The summed E-state index contributed by atoms with van der Waals surface area (Å²) in [5, 5.41) is 2.69. The van der Waals surface area contributed by atoms with Crippen molar-refractivity contribution in [3.63, 3.8) is 0 Å². The van der Waals surface area contributed by atoms with Gasteiger partial charge in [0.1, 0.15) is 10.6 Å². The number of amides is 1. The number of aryl methyl sites for hydroxylation is 2. The number of carbonyl (C=O) groups excluding carboxylic acids is 1. The van der Waals surface area contributed by atoms with E-state index >= 15 is 0 Å². The first-order valence-corrected chi connectivity index (χ1v) is 11.4. The SMILES string of the molecule is CCN(c1ccccc1)S(=O)(=O)c1ccccc1NC(=O)COc1c(C)cccc1C. The van der Waals surface area contributed by atoms with Gasteiger partial charge in [-0.15, -0.1) is 0 Å². The van der Waals surface area contributed by atoms with Gasteiger partial charge in [0.05, 0.1) is 11.4 Å². The zero-order chi connectivity index (χ0) is 22.4. The third-order valence-corrected chi connectivity index (χ3v) is 6.78. The molecule has 0 aliphatic heterocycles. The summed E-state index contributed by atoms with van der Waals surface area (Å²) in [7, 11) is -3.88. The molecule has 3 rings (SSSR count). The van der Waals surface area contributed by atoms with Crippen LogP contribution >= 0.6 is 0 Å². The van der Waals surface area contributed by atoms with Crippen molar-refractivity contribution in [3.05, 3.63) is 83.9 Å². The molecule has 0 spiro atoms. The first kappa shape index (κ1) is 22.4. The molecule has 0 atom stereocenters. The highest BCUT2D eigenvalue weighted by Crippen LogP contribution is 2.28. The predicted octanol–water partition coefficient (Wildman–Crippen LogP) is 4.54. The topological polar surface area (TPSA) is 75.7 Å². The van der Waals surface area contributed by atoms with E-state index < -0.39 is 15.9 Å². The second-order valence-corrected chi connectivity index (χ2v) is 8.89. The molecule has 0 saturated heterocycles. The van der Waals surface area contributed by atoms with E-state index in [-0.39, 0.29) is 23.7 Å². The Labute approximate surface area is 183 Å². The lowest BCUT2D eigenvalue weighted by atomic mass is 10.1. The van der Waals surface area contributed by atoms with Crippen molar-refractivity contribution in [2.45, 2.75) is 25.7 Å². The minimum absolute atomic E-state index is 0.0288. The van der Waals surface area contributed by atoms with Crippen LogP contribution < -0.4 is 14.4 Å². The molecule has 0 aliphatic rings. The van der Waals surface area contributed by atoms with E-state index in [1.54, 1.807) is 49.4 Å². The Kier molecular flexibility index (Phi) is 6.97. The Morgan fingerprint density at radius 3 is 2.16 bits per heavy atom. The van der Waals surface area contributed by atoms with Crippen LogP contribution in [0.25, 0.3) is 0 Å². The lowest BCUT2D eigenvalue weighted by molar-refractivity contribution is -0.118. The smallest absolute Gasteiger partial charge is 0.266 e. The summed E-state index contributed by atoms with van der Waals surface area (Å²) in [6.45, 7) is 5.61. The molecule has 162 valence electrons. The standard InChI is InChI=1S/C24H26N2O4S/c1-4-26(20-13-6-5-7-14-20)31(28,29)22-16-9-8-15-21(22)25-23(27)17-30-24-18(2)11-10-12-19(24)3/h5-16H,4,17H2,1-3H3,(H,25,27). The highest BCUT2D eigenvalue weighted by molar-refractivity contribution is 7.93. The molecule has 3 aromatic carbocycles. The fourth-order valence-electron chi connectivity index (χ4n) is 3.35. The lowest BCUT2D eigenvalue weighted by Crippen LogP contribution is -2.32. The van der Waals surface area contributed by atoms with E-state index in [1.807, 2.05) is 38.1 Å². The first-order chi connectivity index (χ1) is 14.8. The van der Waals surface area contributed by atoms with Gasteiger partial charge < -0.3 is 10.1 Å². The molecule has 0 bridgehead atoms. The molecule has 1 N–H and O–H groups in total. The first-order valence-electron chi connectivity index (χ1n) is 10.00. The van der Waals surface area contributed by atoms with Crippen LogP contribution in [-0.2, 0) is 14.8 Å². The van der Waals surface area contributed by atoms with Crippen LogP contribution in [0.4, 0.5) is 11.4 Å². The quantitative estimate of drug-likeness (QED) is 0.560. The Balaban J connectivity index is 1.82. The number of benzene rings is 3. The fraction of sp³-hybridized carbons (Fsp3) is 0.208. The number of nitrogens with one attached hydrogen (secondary N) is 1. The summed E-state index contributed by atoms with van der Waals surface area (Å²) in [6.07, 6.45) is 0. The number of ether oxygens (including phenoxy) is 1. The fourth-order valence-corrected chi connectivity index (χ4v) is 4.97. The summed E-state index contributed by atoms with van der Waals surface area (Å²) in [5.41, 5.74) is 2.63. The molecule has 3 aromatic rings. The number of rotatable bonds is 8. The van der Waals surface area contributed by atoms with Crippen molar-refractivity contribution in [2.24, 2.45) is 0 Å². The number of anilines is 2. The molecule has 0 fully saturated rings. The monoisotopic (exact) mass is 438 g/mol. The summed E-state index contributed by atoms with van der Waals surface area (Å²) in [4.78, 5) is 12.6. The molecular formula is C24H26N2O4S. The van der Waals surface area contributed by atoms with E-state index in [2.05, 4.69) is 5.32 Å². The molecule has 6 nitrogen and oxygen atoms in total. The van der Waals surface area contributed by atoms with Gasteiger partial charge in [-0.1, -0.05) is 48.5 Å². The zero-order valence-corrected chi connectivity index (χ0v) is 18.6. The van der Waals surface area contributed by atoms with Crippen molar-refractivity contribution < 1.29 is 17.9 Å². The van der Waals surface area contributed by atoms with E-state index in [4.69, 9.17) is 4.74 Å². The van der Waals surface area contributed by atoms with E-state index in [0.29, 0.717) is 11.4 Å². The average molecular weight is 439 g/mol. The molecule has 7 heteroatoms. The third-order valence-electron chi connectivity index (χ3n) is 4.82. The molecule has 0 radical (unpaired) electrons. The van der Waals surface area contributed by atoms with Crippen LogP contribution in [0.15, 0.2) is 77.7 Å². The van der Waals surface area contributed by atoms with E-state index in [0.717, 1.165) is 11.1 Å². The number of nitrogens with zero attached hydrogens (tertiary/aromatic N) is 1. The minimum atomic E-state index is -3.88. The highest BCUT2D eigenvalue weighted by atomic mass is 32.2. The van der Waals surface area contributed by atoms with Gasteiger partial charge in [0, 0.05) is 6.54 Å². The van der Waals surface area contributed by atoms with Crippen LogP contribution in [0, 0.1) is 13.8 Å². The molecular weight excluding hydrogens is 412 g/mol. The summed E-state index contributed by atoms with van der Waals surface area (Å²) in [6, 6.07) is 21.0. The van der Waals surface area contributed by atoms with Crippen molar-refractivity contribution >= 4 is 27.3 Å². The Hall–Kier alpha value is -3.32. The van der Waals surface area contributed by atoms with Crippen molar-refractivity contribution in [1.82, 2.24) is 0 Å². The van der Waals surface area contributed by atoms with Gasteiger partial charge >= 0.3 is 0 Å². The maximum absolute atomic E-state index is 13.4. The average Bonchev–Trinajstić information content (AvgIpc) is 2.75. The number of hydrogen-bond acceptors (Lipinski definition) is 4. The van der Waals surface area contributed by atoms with Gasteiger partial charge in [0.25, 0.3) is 15.9 Å². The van der Waals surface area contributed by atoms with Crippen molar-refractivity contribution in [3.8, 4) is 5.75 Å². The maximum atomic E-state index is 13.4. The van der Waals surface area contributed by atoms with Crippen LogP contribution in [-0.4, -0.2) is 27.5 Å². The Morgan fingerprint density at radius 1 is 0.903 bits per heavy atom. The third kappa shape index (κ3) is 5.06. The number of hydrogen-bond donors (Lipinski definition) is 1. The normalized spacial score (nSPS) is 11.1. The van der Waals surface area contributed by atoms with Crippen molar-refractivity contribution in [2.75, 3.05) is 22.8 Å². The van der Waals surface area contributed by atoms with Gasteiger partial charge in [-0.2, -0.15) is 0 Å². The second-order valence-electron chi connectivity index (χ2n) is 7.06. The zero-order valence-electron chi connectivity index (χ0n) is 17.8. The minimum Gasteiger partial charge on any atom is -0.483 e. The van der Waals surface area contributed by atoms with Gasteiger partial charge in [-0.3, -0.25) is 9.10 Å².